The van der Waals surface area contributed by atoms with Gasteiger partial charge in [0.1, 0.15) is 16.4 Å². The van der Waals surface area contributed by atoms with Crippen LogP contribution in [0.25, 0.3) is 0 Å². The topological polar surface area (TPSA) is 79.7 Å². The Labute approximate surface area is 187 Å². The summed E-state index contributed by atoms with van der Waals surface area (Å²) in [6, 6.07) is 9.37. The highest BCUT2D eigenvalue weighted by Gasteiger charge is 2.23. The van der Waals surface area contributed by atoms with Gasteiger partial charge in [-0.1, -0.05) is 29.3 Å². The predicted octanol–water partition coefficient (Wildman–Crippen LogP) is 5.16. The first-order chi connectivity index (χ1) is 14.2. The average Bonchev–Trinajstić information content (AvgIpc) is 2.68. The van der Waals surface area contributed by atoms with Crippen molar-refractivity contribution in [2.24, 2.45) is 5.92 Å². The molecule has 9 heteroatoms. The maximum Gasteiger partial charge on any atom is 0.340 e. The molecule has 2 aromatic carbocycles. The molecule has 0 aromatic heterocycles. The molecule has 1 saturated heterocycles. The van der Waals surface area contributed by atoms with Gasteiger partial charge >= 0.3 is 10.1 Å². The molecule has 1 aliphatic heterocycles. The van der Waals surface area contributed by atoms with E-state index in [9.17, 15) is 8.42 Å². The zero-order valence-corrected chi connectivity index (χ0v) is 19.1. The fraction of sp³-hybridized carbons (Fsp3) is 0.381. The number of likely N-dealkylation sites (tertiary alicyclic amines) is 1. The van der Waals surface area contributed by atoms with Crippen molar-refractivity contribution >= 4 is 39.2 Å². The Hall–Kier alpha value is -1.96. The number of piperidine rings is 1. The molecule has 0 unspecified atom stereocenters. The van der Waals surface area contributed by atoms with Crippen LogP contribution >= 0.6 is 23.2 Å². The summed E-state index contributed by atoms with van der Waals surface area (Å²) >= 11 is 12.0. The second-order valence-electron chi connectivity index (χ2n) is 7.40. The van der Waals surface area contributed by atoms with Gasteiger partial charge in [-0.15, -0.1) is 0 Å². The van der Waals surface area contributed by atoms with Gasteiger partial charge in [-0.25, -0.2) is 0 Å². The van der Waals surface area contributed by atoms with E-state index in [1.807, 2.05) is 13.0 Å². The van der Waals surface area contributed by atoms with Crippen molar-refractivity contribution in [2.45, 2.75) is 31.6 Å². The van der Waals surface area contributed by atoms with E-state index >= 15 is 0 Å². The van der Waals surface area contributed by atoms with E-state index in [4.69, 9.17) is 37.5 Å². The lowest BCUT2D eigenvalue weighted by Crippen LogP contribution is -2.38. The number of aryl methyl sites for hydroxylation is 1. The normalized spacial score (nSPS) is 15.1. The van der Waals surface area contributed by atoms with E-state index in [-0.39, 0.29) is 20.7 Å². The summed E-state index contributed by atoms with van der Waals surface area (Å²) < 4.78 is 36.5. The fourth-order valence-electron chi connectivity index (χ4n) is 3.34. The van der Waals surface area contributed by atoms with Gasteiger partial charge < -0.3 is 13.8 Å². The molecule has 0 radical (unpaired) electrons. The molecule has 1 aliphatic rings. The number of rotatable bonds is 6. The minimum atomic E-state index is -4.15. The van der Waals surface area contributed by atoms with Crippen LogP contribution in [0.1, 0.15) is 25.3 Å². The minimum Gasteiger partial charge on any atom is -0.493 e. The average molecular weight is 471 g/mol. The number of hydrogen-bond acceptors (Lipinski definition) is 5. The third-order valence-corrected chi connectivity index (χ3v) is 7.21. The molecule has 0 amide bonds. The molecule has 2 aromatic rings. The van der Waals surface area contributed by atoms with Crippen LogP contribution in [0.15, 0.2) is 41.3 Å². The van der Waals surface area contributed by atoms with E-state index in [0.29, 0.717) is 24.1 Å². The standard InChI is InChI=1S/C21H24Cl2N2O4S/c1-14-10-17(28-13-16-6-8-25(9-7-16)15(2)24)12-18(11-14)29-30(26,27)20-5-3-4-19(22)21(20)23/h3-5,10-12,16,24H,6-9,13H2,1-2H3. The Bertz CT molecular complexity index is 1040. The SMILES string of the molecule is CC(=N)N1CCC(COc2cc(C)cc(OS(=O)(=O)c3cccc(Cl)c3Cl)c2)CC1. The smallest absolute Gasteiger partial charge is 0.340 e. The number of ether oxygens (including phenoxy) is 1. The van der Waals surface area contributed by atoms with Crippen molar-refractivity contribution in [3.05, 3.63) is 52.0 Å². The first-order valence-corrected chi connectivity index (χ1v) is 11.8. The molecule has 0 atom stereocenters. The summed E-state index contributed by atoms with van der Waals surface area (Å²) in [4.78, 5) is 1.87. The molecule has 0 spiro atoms. The lowest BCUT2D eigenvalue weighted by molar-refractivity contribution is 0.180. The number of hydrogen-bond donors (Lipinski definition) is 1. The first-order valence-electron chi connectivity index (χ1n) is 9.59. The Balaban J connectivity index is 1.68. The molecular formula is C21H24Cl2N2O4S. The highest BCUT2D eigenvalue weighted by atomic mass is 35.5. The van der Waals surface area contributed by atoms with Gasteiger partial charge in [-0.05, 0) is 62.4 Å². The van der Waals surface area contributed by atoms with Gasteiger partial charge in [-0.2, -0.15) is 8.42 Å². The molecule has 30 heavy (non-hydrogen) atoms. The van der Waals surface area contributed by atoms with Crippen molar-refractivity contribution in [3.63, 3.8) is 0 Å². The van der Waals surface area contributed by atoms with Crippen LogP contribution in [0.4, 0.5) is 0 Å². The van der Waals surface area contributed by atoms with Gasteiger partial charge in [0.05, 0.1) is 22.5 Å². The number of benzene rings is 2. The molecule has 162 valence electrons. The summed E-state index contributed by atoms with van der Waals surface area (Å²) in [5, 5.41) is 7.78. The zero-order chi connectivity index (χ0) is 21.9. The van der Waals surface area contributed by atoms with Crippen molar-refractivity contribution in [3.8, 4) is 11.5 Å². The van der Waals surface area contributed by atoms with Crippen molar-refractivity contribution in [2.75, 3.05) is 19.7 Å². The molecule has 0 saturated carbocycles. The van der Waals surface area contributed by atoms with Gasteiger partial charge in [0.25, 0.3) is 0 Å². The van der Waals surface area contributed by atoms with Gasteiger partial charge in [0.15, 0.2) is 0 Å². The van der Waals surface area contributed by atoms with Crippen molar-refractivity contribution < 1.29 is 17.3 Å². The van der Waals surface area contributed by atoms with Crippen molar-refractivity contribution in [1.29, 1.82) is 5.41 Å². The molecule has 6 nitrogen and oxygen atoms in total. The number of amidine groups is 1. The molecule has 1 fully saturated rings. The Morgan fingerprint density at radius 2 is 1.83 bits per heavy atom. The summed E-state index contributed by atoms with van der Waals surface area (Å²) in [5.41, 5.74) is 0.809. The van der Waals surface area contributed by atoms with E-state index in [2.05, 4.69) is 4.90 Å². The predicted molar refractivity (Wildman–Crippen MR) is 119 cm³/mol. The Morgan fingerprint density at radius 3 is 2.50 bits per heavy atom. The van der Waals surface area contributed by atoms with Crippen LogP contribution in [0.3, 0.4) is 0 Å². The van der Waals surface area contributed by atoms with E-state index < -0.39 is 10.1 Å². The monoisotopic (exact) mass is 470 g/mol. The summed E-state index contributed by atoms with van der Waals surface area (Å²) in [5.74, 6) is 1.67. The molecule has 1 N–H and O–H groups in total. The number of nitrogens with one attached hydrogen (secondary N) is 1. The third kappa shape index (κ3) is 5.59. The zero-order valence-electron chi connectivity index (χ0n) is 16.8. The quantitative estimate of drug-likeness (QED) is 0.358. The van der Waals surface area contributed by atoms with E-state index in [0.717, 1.165) is 31.5 Å². The van der Waals surface area contributed by atoms with Crippen LogP contribution in [0.2, 0.25) is 10.0 Å². The maximum atomic E-state index is 12.7. The Kier molecular flexibility index (Phi) is 7.16. The van der Waals surface area contributed by atoms with Crippen molar-refractivity contribution in [1.82, 2.24) is 4.90 Å². The second-order valence-corrected chi connectivity index (χ2v) is 9.70. The molecule has 3 rings (SSSR count). The molecule has 0 aliphatic carbocycles. The highest BCUT2D eigenvalue weighted by molar-refractivity contribution is 7.87. The summed E-state index contributed by atoms with van der Waals surface area (Å²) in [6.45, 7) is 5.87. The largest absolute Gasteiger partial charge is 0.493 e. The molecule has 1 heterocycles. The van der Waals surface area contributed by atoms with Gasteiger partial charge in [0, 0.05) is 19.2 Å². The van der Waals surface area contributed by atoms with Crippen LogP contribution in [0, 0.1) is 18.3 Å². The fourth-order valence-corrected chi connectivity index (χ4v) is 5.00. The number of halogens is 2. The van der Waals surface area contributed by atoms with E-state index in [1.165, 1.54) is 18.2 Å². The van der Waals surface area contributed by atoms with E-state index in [1.54, 1.807) is 19.1 Å². The van der Waals surface area contributed by atoms with Crippen LogP contribution in [-0.4, -0.2) is 38.8 Å². The summed E-state index contributed by atoms with van der Waals surface area (Å²) in [6.07, 6.45) is 1.90. The molecule has 0 bridgehead atoms. The molecular weight excluding hydrogens is 447 g/mol. The van der Waals surface area contributed by atoms with Gasteiger partial charge in [-0.3, -0.25) is 5.41 Å². The lowest BCUT2D eigenvalue weighted by Gasteiger charge is -2.32. The van der Waals surface area contributed by atoms with Crippen LogP contribution in [-0.2, 0) is 10.1 Å². The van der Waals surface area contributed by atoms with Crippen LogP contribution < -0.4 is 8.92 Å². The van der Waals surface area contributed by atoms with Gasteiger partial charge in [0.2, 0.25) is 0 Å². The maximum absolute atomic E-state index is 12.7. The first kappa shape index (κ1) is 22.7. The van der Waals surface area contributed by atoms with Crippen LogP contribution in [0.5, 0.6) is 11.5 Å². The Morgan fingerprint density at radius 1 is 1.17 bits per heavy atom. The second kappa shape index (κ2) is 9.45. The highest BCUT2D eigenvalue weighted by Crippen LogP contribution is 2.32. The number of nitrogens with zero attached hydrogens (tertiary/aromatic N) is 1. The lowest BCUT2D eigenvalue weighted by atomic mass is 9.98. The summed E-state index contributed by atoms with van der Waals surface area (Å²) in [7, 11) is -4.15. The third-order valence-electron chi connectivity index (χ3n) is 4.99. The minimum absolute atomic E-state index is 0.0743.